The number of ether oxygens (including phenoxy) is 1. The van der Waals surface area contributed by atoms with Crippen LogP contribution in [0.25, 0.3) is 0 Å². The first-order valence-corrected chi connectivity index (χ1v) is 9.27. The van der Waals surface area contributed by atoms with Crippen LogP contribution < -0.4 is 16.4 Å². The van der Waals surface area contributed by atoms with Crippen molar-refractivity contribution in [1.82, 2.24) is 15.8 Å². The van der Waals surface area contributed by atoms with E-state index in [9.17, 15) is 37.7 Å². The topological polar surface area (TPSA) is 143 Å². The number of carbonyl (C=O) groups excluding carboxylic acids is 2. The number of nitro groups is 1. The fourth-order valence-electron chi connectivity index (χ4n) is 2.74. The van der Waals surface area contributed by atoms with E-state index in [-0.39, 0.29) is 5.56 Å². The maximum Gasteiger partial charge on any atom is 0.427 e. The number of H-pyrrole nitrogens is 1. The molecule has 0 fully saturated rings. The average molecular weight is 468 g/mol. The van der Waals surface area contributed by atoms with Crippen molar-refractivity contribution < 1.29 is 32.4 Å². The molecule has 1 atom stereocenters. The molecule has 33 heavy (non-hydrogen) atoms. The summed E-state index contributed by atoms with van der Waals surface area (Å²) in [6, 6.07) is 8.56. The highest BCUT2D eigenvalue weighted by molar-refractivity contribution is 5.98. The highest BCUT2D eigenvalue weighted by Gasteiger charge is 2.61. The molecular formula is C20H19F3N4O6. The molecule has 0 saturated carbocycles. The lowest BCUT2D eigenvalue weighted by Crippen LogP contribution is -2.61. The van der Waals surface area contributed by atoms with Gasteiger partial charge in [0.05, 0.1) is 11.5 Å². The van der Waals surface area contributed by atoms with Crippen LogP contribution in [-0.4, -0.2) is 33.5 Å². The summed E-state index contributed by atoms with van der Waals surface area (Å²) < 4.78 is 46.8. The van der Waals surface area contributed by atoms with Crippen LogP contribution in [0.15, 0.2) is 53.8 Å². The van der Waals surface area contributed by atoms with Crippen LogP contribution in [0.5, 0.6) is 0 Å². The maximum atomic E-state index is 13.9. The summed E-state index contributed by atoms with van der Waals surface area (Å²) in [5.74, 6) is -3.21. The summed E-state index contributed by atoms with van der Waals surface area (Å²) in [7, 11) is 0. The number of alkyl halides is 3. The normalized spacial score (nSPS) is 13.0. The fourth-order valence-corrected chi connectivity index (χ4v) is 2.74. The molecule has 13 heteroatoms. The van der Waals surface area contributed by atoms with Crippen molar-refractivity contribution in [1.29, 1.82) is 0 Å². The molecule has 1 aromatic carbocycles. The van der Waals surface area contributed by atoms with Gasteiger partial charge in [-0.3, -0.25) is 35.3 Å². The Morgan fingerprint density at radius 2 is 1.88 bits per heavy atom. The van der Waals surface area contributed by atoms with Gasteiger partial charge >= 0.3 is 6.18 Å². The van der Waals surface area contributed by atoms with Gasteiger partial charge in [-0.1, -0.05) is 36.4 Å². The van der Waals surface area contributed by atoms with Gasteiger partial charge in [0.2, 0.25) is 5.60 Å². The van der Waals surface area contributed by atoms with Gasteiger partial charge in [0.1, 0.15) is 0 Å². The van der Waals surface area contributed by atoms with E-state index in [1.165, 1.54) is 19.1 Å². The van der Waals surface area contributed by atoms with Crippen molar-refractivity contribution in [3.8, 4) is 0 Å². The Morgan fingerprint density at radius 1 is 1.24 bits per heavy atom. The van der Waals surface area contributed by atoms with E-state index < -0.39 is 58.5 Å². The molecule has 2 rings (SSSR count). The number of halogens is 3. The minimum atomic E-state index is -5.23. The molecule has 3 N–H and O–H groups in total. The Kier molecular flexibility index (Phi) is 7.72. The fraction of sp³-hybridized carbons (Fsp3) is 0.250. The third-order valence-corrected chi connectivity index (χ3v) is 4.50. The Morgan fingerprint density at radius 3 is 2.42 bits per heavy atom. The standard InChI is InChI=1S/C20H19F3N4O6/c1-3-9-19(20(21,22)23,33-11-13-7-5-4-6-8-13)18(30)26-25-17(29)15-14(27(31)32)10-12(2)16(28)24-15/h3-8,10H,1,9,11H2,2H3,(H,24,28)(H,25,29)(H,26,30). The van der Waals surface area contributed by atoms with Crippen molar-refractivity contribution >= 4 is 17.5 Å². The molecule has 2 aromatic rings. The SMILES string of the molecule is C=CCC(OCc1ccccc1)(C(=O)NNC(=O)c1[nH]c(=O)c(C)cc1[N+](=O)[O-])C(F)(F)F. The lowest BCUT2D eigenvalue weighted by Gasteiger charge is -2.33. The molecule has 0 aliphatic carbocycles. The monoisotopic (exact) mass is 468 g/mol. The smallest absolute Gasteiger partial charge is 0.352 e. The number of nitrogens with one attached hydrogen (secondary N) is 3. The van der Waals surface area contributed by atoms with Crippen LogP contribution in [0.1, 0.15) is 28.0 Å². The summed E-state index contributed by atoms with van der Waals surface area (Å²) in [6.07, 6.45) is -5.40. The van der Waals surface area contributed by atoms with Crippen LogP contribution in [0.2, 0.25) is 0 Å². The number of rotatable bonds is 8. The number of carbonyl (C=O) groups is 2. The summed E-state index contributed by atoms with van der Waals surface area (Å²) in [6.45, 7) is 3.89. The van der Waals surface area contributed by atoms with Gasteiger partial charge in [0, 0.05) is 18.1 Å². The molecule has 1 aromatic heterocycles. The minimum Gasteiger partial charge on any atom is -0.352 e. The lowest BCUT2D eigenvalue weighted by atomic mass is 9.97. The van der Waals surface area contributed by atoms with Crippen LogP contribution in [-0.2, 0) is 16.1 Å². The second-order valence-electron chi connectivity index (χ2n) is 6.80. The zero-order chi connectivity index (χ0) is 24.8. The Balaban J connectivity index is 2.30. The predicted molar refractivity (Wildman–Crippen MR) is 109 cm³/mol. The summed E-state index contributed by atoms with van der Waals surface area (Å²) in [4.78, 5) is 48.8. The Hall–Kier alpha value is -4.00. The summed E-state index contributed by atoms with van der Waals surface area (Å²) >= 11 is 0. The molecule has 176 valence electrons. The maximum absolute atomic E-state index is 13.9. The van der Waals surface area contributed by atoms with Crippen molar-refractivity contribution in [3.05, 3.63) is 86.3 Å². The van der Waals surface area contributed by atoms with Crippen LogP contribution in [0.3, 0.4) is 0 Å². The average Bonchev–Trinajstić information content (AvgIpc) is 2.75. The number of hydrogen-bond acceptors (Lipinski definition) is 6. The third-order valence-electron chi connectivity index (χ3n) is 4.50. The number of hydrogen-bond donors (Lipinski definition) is 3. The highest BCUT2D eigenvalue weighted by Crippen LogP contribution is 2.38. The molecular weight excluding hydrogens is 449 g/mol. The quantitative estimate of drug-likeness (QED) is 0.309. The molecule has 1 unspecified atom stereocenters. The van der Waals surface area contributed by atoms with Crippen molar-refractivity contribution in [2.45, 2.75) is 31.7 Å². The number of amides is 2. The first-order chi connectivity index (χ1) is 15.4. The largest absolute Gasteiger partial charge is 0.427 e. The van der Waals surface area contributed by atoms with Gasteiger partial charge in [0.15, 0.2) is 5.69 Å². The van der Waals surface area contributed by atoms with Gasteiger partial charge in [-0.05, 0) is 12.5 Å². The molecule has 0 aliphatic rings. The van der Waals surface area contributed by atoms with Crippen LogP contribution in [0, 0.1) is 17.0 Å². The molecule has 2 amide bonds. The molecule has 1 heterocycles. The van der Waals surface area contributed by atoms with Crippen molar-refractivity contribution in [2.24, 2.45) is 0 Å². The van der Waals surface area contributed by atoms with Crippen molar-refractivity contribution in [3.63, 3.8) is 0 Å². The number of nitrogens with zero attached hydrogens (tertiary/aromatic N) is 1. The number of aromatic amines is 1. The number of pyridine rings is 1. The second-order valence-corrected chi connectivity index (χ2v) is 6.80. The third kappa shape index (κ3) is 5.63. The second kappa shape index (κ2) is 10.1. The first kappa shape index (κ1) is 25.3. The minimum absolute atomic E-state index is 0.0707. The first-order valence-electron chi connectivity index (χ1n) is 9.27. The summed E-state index contributed by atoms with van der Waals surface area (Å²) in [5.41, 5.74) is -2.43. The zero-order valence-electron chi connectivity index (χ0n) is 17.2. The van der Waals surface area contributed by atoms with E-state index in [0.29, 0.717) is 5.56 Å². The zero-order valence-corrected chi connectivity index (χ0v) is 17.2. The number of aromatic nitrogens is 1. The molecule has 0 aliphatic heterocycles. The molecule has 10 nitrogen and oxygen atoms in total. The molecule has 0 saturated heterocycles. The van der Waals surface area contributed by atoms with Gasteiger partial charge in [0.25, 0.3) is 23.1 Å². The van der Waals surface area contributed by atoms with Crippen LogP contribution >= 0.6 is 0 Å². The summed E-state index contributed by atoms with van der Waals surface area (Å²) in [5, 5.41) is 11.2. The van der Waals surface area contributed by atoms with Crippen molar-refractivity contribution in [2.75, 3.05) is 0 Å². The van der Waals surface area contributed by atoms with E-state index in [1.807, 2.05) is 4.98 Å². The van der Waals surface area contributed by atoms with Crippen LogP contribution in [0.4, 0.5) is 18.9 Å². The molecule has 0 radical (unpaired) electrons. The van der Waals surface area contributed by atoms with Gasteiger partial charge in [-0.2, -0.15) is 13.2 Å². The van der Waals surface area contributed by atoms with E-state index >= 15 is 0 Å². The Bertz CT molecular complexity index is 1120. The van der Waals surface area contributed by atoms with E-state index in [2.05, 4.69) is 6.58 Å². The lowest BCUT2D eigenvalue weighted by molar-refractivity contribution is -0.385. The molecule has 0 bridgehead atoms. The van der Waals surface area contributed by atoms with E-state index in [4.69, 9.17) is 4.74 Å². The Labute approximate surface area is 184 Å². The van der Waals surface area contributed by atoms with Gasteiger partial charge in [-0.15, -0.1) is 6.58 Å². The van der Waals surface area contributed by atoms with E-state index in [0.717, 1.165) is 12.1 Å². The molecule has 0 spiro atoms. The van der Waals surface area contributed by atoms with Gasteiger partial charge in [-0.25, -0.2) is 0 Å². The number of hydrazine groups is 1. The van der Waals surface area contributed by atoms with E-state index in [1.54, 1.807) is 29.1 Å². The number of aryl methyl sites for hydroxylation is 1. The highest BCUT2D eigenvalue weighted by atomic mass is 19.4. The number of benzene rings is 1. The predicted octanol–water partition coefficient (Wildman–Crippen LogP) is 2.45. The van der Waals surface area contributed by atoms with Gasteiger partial charge < -0.3 is 9.72 Å².